The van der Waals surface area contributed by atoms with Gasteiger partial charge in [0.1, 0.15) is 0 Å². The highest BCUT2D eigenvalue weighted by Crippen LogP contribution is 2.22. The van der Waals surface area contributed by atoms with E-state index in [1.165, 1.54) is 6.07 Å². The number of nitrogens with zero attached hydrogens (tertiary/aromatic N) is 1. The summed E-state index contributed by atoms with van der Waals surface area (Å²) in [6, 6.07) is 12.9. The lowest BCUT2D eigenvalue weighted by atomic mass is 10.1. The lowest BCUT2D eigenvalue weighted by Crippen LogP contribution is -2.33. The normalized spacial score (nSPS) is 15.9. The number of carbonyl (C=O) groups excluding carboxylic acids is 4. The Labute approximate surface area is 174 Å². The first-order valence-electron chi connectivity index (χ1n) is 9.67. The van der Waals surface area contributed by atoms with E-state index in [-0.39, 0.29) is 29.8 Å². The molecular formula is C22H24N4O4. The molecule has 1 saturated heterocycles. The van der Waals surface area contributed by atoms with Crippen LogP contribution in [0.5, 0.6) is 0 Å². The predicted molar refractivity (Wildman–Crippen MR) is 113 cm³/mol. The van der Waals surface area contributed by atoms with Gasteiger partial charge in [0.2, 0.25) is 11.8 Å². The summed E-state index contributed by atoms with van der Waals surface area (Å²) in [5.41, 5.74) is 6.76. The Morgan fingerprint density at radius 2 is 1.70 bits per heavy atom. The molecule has 0 radical (unpaired) electrons. The second kappa shape index (κ2) is 8.77. The Hall–Kier alpha value is -3.68. The first kappa shape index (κ1) is 21.0. The number of anilines is 2. The minimum atomic E-state index is -0.634. The Morgan fingerprint density at radius 1 is 1.03 bits per heavy atom. The predicted octanol–water partition coefficient (Wildman–Crippen LogP) is 2.23. The van der Waals surface area contributed by atoms with E-state index in [1.54, 1.807) is 47.4 Å². The Morgan fingerprint density at radius 3 is 2.30 bits per heavy atom. The first-order valence-corrected chi connectivity index (χ1v) is 9.67. The van der Waals surface area contributed by atoms with Crippen LogP contribution < -0.4 is 16.4 Å². The highest BCUT2D eigenvalue weighted by molar-refractivity contribution is 6.09. The summed E-state index contributed by atoms with van der Waals surface area (Å²) in [6.07, 6.45) is 0.198. The van der Waals surface area contributed by atoms with Crippen molar-refractivity contribution < 1.29 is 19.2 Å². The second-order valence-corrected chi connectivity index (χ2v) is 7.47. The molecule has 0 bridgehead atoms. The first-order chi connectivity index (χ1) is 14.3. The third-order valence-corrected chi connectivity index (χ3v) is 5.01. The van der Waals surface area contributed by atoms with E-state index in [4.69, 9.17) is 5.73 Å². The van der Waals surface area contributed by atoms with E-state index in [1.807, 2.05) is 13.8 Å². The van der Waals surface area contributed by atoms with E-state index < -0.39 is 17.7 Å². The molecule has 0 aliphatic carbocycles. The average molecular weight is 408 g/mol. The molecule has 4 N–H and O–H groups in total. The van der Waals surface area contributed by atoms with Gasteiger partial charge in [-0.25, -0.2) is 0 Å². The Bertz CT molecular complexity index is 985. The monoisotopic (exact) mass is 408 g/mol. The van der Waals surface area contributed by atoms with Crippen LogP contribution in [0, 0.1) is 5.92 Å². The fraction of sp³-hybridized carbons (Fsp3) is 0.273. The van der Waals surface area contributed by atoms with Crippen molar-refractivity contribution in [3.63, 3.8) is 0 Å². The topological polar surface area (TPSA) is 122 Å². The van der Waals surface area contributed by atoms with Crippen LogP contribution in [0.1, 0.15) is 41.0 Å². The lowest BCUT2D eigenvalue weighted by Gasteiger charge is -2.20. The SMILES string of the molecule is CC(C)N1CC(C(=O)Nc2ccc(C(=O)Nc3ccccc3C(N)=O)cc2)CC1=O. The number of likely N-dealkylation sites (tertiary alicyclic amines) is 1. The number of nitrogens with one attached hydrogen (secondary N) is 2. The molecule has 4 amide bonds. The molecule has 8 heteroatoms. The van der Waals surface area contributed by atoms with E-state index >= 15 is 0 Å². The number of primary amides is 1. The van der Waals surface area contributed by atoms with Gasteiger partial charge in [-0.05, 0) is 50.2 Å². The summed E-state index contributed by atoms with van der Waals surface area (Å²) in [6.45, 7) is 4.25. The largest absolute Gasteiger partial charge is 0.366 e. The van der Waals surface area contributed by atoms with E-state index in [2.05, 4.69) is 10.6 Å². The highest BCUT2D eigenvalue weighted by atomic mass is 16.2. The number of benzene rings is 2. The molecule has 1 atom stereocenters. The van der Waals surface area contributed by atoms with Crippen LogP contribution in [0.2, 0.25) is 0 Å². The fourth-order valence-corrected chi connectivity index (χ4v) is 3.36. The number of rotatable bonds is 6. The van der Waals surface area contributed by atoms with Crippen molar-refractivity contribution in [1.29, 1.82) is 0 Å². The zero-order valence-corrected chi connectivity index (χ0v) is 16.8. The third kappa shape index (κ3) is 4.65. The van der Waals surface area contributed by atoms with Crippen molar-refractivity contribution in [2.45, 2.75) is 26.3 Å². The number of amides is 4. The average Bonchev–Trinajstić information content (AvgIpc) is 3.11. The second-order valence-electron chi connectivity index (χ2n) is 7.47. The highest BCUT2D eigenvalue weighted by Gasteiger charge is 2.35. The zero-order valence-electron chi connectivity index (χ0n) is 16.8. The van der Waals surface area contributed by atoms with Crippen LogP contribution >= 0.6 is 0 Å². The fourth-order valence-electron chi connectivity index (χ4n) is 3.36. The molecule has 1 aliphatic heterocycles. The van der Waals surface area contributed by atoms with Gasteiger partial charge < -0.3 is 21.3 Å². The smallest absolute Gasteiger partial charge is 0.255 e. The molecule has 0 saturated carbocycles. The summed E-state index contributed by atoms with van der Waals surface area (Å²) in [5.74, 6) is -1.68. The van der Waals surface area contributed by atoms with Gasteiger partial charge in [0, 0.05) is 30.3 Å². The summed E-state index contributed by atoms with van der Waals surface area (Å²) in [4.78, 5) is 50.1. The van der Waals surface area contributed by atoms with Gasteiger partial charge >= 0.3 is 0 Å². The zero-order chi connectivity index (χ0) is 21.8. The molecule has 0 aromatic heterocycles. The molecule has 1 aliphatic rings. The van der Waals surface area contributed by atoms with Crippen molar-refractivity contribution in [2.75, 3.05) is 17.2 Å². The van der Waals surface area contributed by atoms with Crippen LogP contribution in [0.3, 0.4) is 0 Å². The molecular weight excluding hydrogens is 384 g/mol. The number of para-hydroxylation sites is 1. The van der Waals surface area contributed by atoms with Crippen molar-refractivity contribution >= 4 is 35.0 Å². The Kier molecular flexibility index (Phi) is 6.15. The number of hydrogen-bond donors (Lipinski definition) is 3. The van der Waals surface area contributed by atoms with Gasteiger partial charge in [-0.15, -0.1) is 0 Å². The molecule has 30 heavy (non-hydrogen) atoms. The van der Waals surface area contributed by atoms with Gasteiger partial charge in [-0.3, -0.25) is 19.2 Å². The Balaban J connectivity index is 1.63. The molecule has 2 aromatic rings. The summed E-state index contributed by atoms with van der Waals surface area (Å²) >= 11 is 0. The molecule has 1 heterocycles. The van der Waals surface area contributed by atoms with E-state index in [0.29, 0.717) is 23.5 Å². The molecule has 3 rings (SSSR count). The van der Waals surface area contributed by atoms with Crippen molar-refractivity contribution in [2.24, 2.45) is 11.7 Å². The van der Waals surface area contributed by atoms with Gasteiger partial charge in [0.25, 0.3) is 11.8 Å². The maximum atomic E-state index is 12.5. The molecule has 8 nitrogen and oxygen atoms in total. The van der Waals surface area contributed by atoms with E-state index in [9.17, 15) is 19.2 Å². The van der Waals surface area contributed by atoms with Crippen LogP contribution in [0.4, 0.5) is 11.4 Å². The van der Waals surface area contributed by atoms with Crippen molar-refractivity contribution in [1.82, 2.24) is 4.90 Å². The molecule has 1 fully saturated rings. The number of carbonyl (C=O) groups is 4. The number of hydrogen-bond acceptors (Lipinski definition) is 4. The summed E-state index contributed by atoms with van der Waals surface area (Å²) in [7, 11) is 0. The van der Waals surface area contributed by atoms with Gasteiger partial charge in [-0.1, -0.05) is 12.1 Å². The minimum Gasteiger partial charge on any atom is -0.366 e. The summed E-state index contributed by atoms with van der Waals surface area (Å²) < 4.78 is 0. The summed E-state index contributed by atoms with van der Waals surface area (Å²) in [5, 5.41) is 5.46. The van der Waals surface area contributed by atoms with Crippen molar-refractivity contribution in [3.05, 3.63) is 59.7 Å². The van der Waals surface area contributed by atoms with Crippen LogP contribution in [-0.4, -0.2) is 41.1 Å². The number of nitrogens with two attached hydrogens (primary N) is 1. The van der Waals surface area contributed by atoms with Crippen LogP contribution in [0.25, 0.3) is 0 Å². The molecule has 156 valence electrons. The molecule has 1 unspecified atom stereocenters. The molecule has 2 aromatic carbocycles. The maximum Gasteiger partial charge on any atom is 0.255 e. The third-order valence-electron chi connectivity index (χ3n) is 5.01. The van der Waals surface area contributed by atoms with Crippen LogP contribution in [0.15, 0.2) is 48.5 Å². The van der Waals surface area contributed by atoms with E-state index in [0.717, 1.165) is 0 Å². The van der Waals surface area contributed by atoms with Gasteiger partial charge in [0.05, 0.1) is 17.2 Å². The minimum absolute atomic E-state index is 0.0200. The maximum absolute atomic E-state index is 12.5. The lowest BCUT2D eigenvalue weighted by molar-refractivity contribution is -0.129. The molecule has 0 spiro atoms. The van der Waals surface area contributed by atoms with Crippen LogP contribution in [-0.2, 0) is 9.59 Å². The standard InChI is InChI=1S/C22H24N4O4/c1-13(2)26-12-15(11-19(26)27)22(30)24-16-9-7-14(8-10-16)21(29)25-18-6-4-3-5-17(18)20(23)28/h3-10,13,15H,11-12H2,1-2H3,(H2,23,28)(H,24,30)(H,25,29). The quantitative estimate of drug-likeness (QED) is 0.678. The van der Waals surface area contributed by atoms with Gasteiger partial charge in [-0.2, -0.15) is 0 Å². The van der Waals surface area contributed by atoms with Crippen molar-refractivity contribution in [3.8, 4) is 0 Å². The van der Waals surface area contributed by atoms with Gasteiger partial charge in [0.15, 0.2) is 0 Å².